The molecule has 0 aliphatic carbocycles. The minimum absolute atomic E-state index is 0.199. The largest absolute Gasteiger partial charge is 0.392 e. The lowest BCUT2D eigenvalue weighted by Crippen LogP contribution is -2.34. The number of methoxy groups -OCH3 is 1. The number of aliphatic hydroxyl groups excluding tert-OH is 1. The van der Waals surface area contributed by atoms with Crippen LogP contribution in [0, 0.1) is 5.92 Å². The number of hydrogen-bond acceptors (Lipinski definition) is 3. The van der Waals surface area contributed by atoms with Gasteiger partial charge in [0.15, 0.2) is 0 Å². The Balaban J connectivity index is 2.23. The average molecular weight is 187 g/mol. The minimum Gasteiger partial charge on any atom is -0.392 e. The van der Waals surface area contributed by atoms with Crippen LogP contribution < -0.4 is 0 Å². The van der Waals surface area contributed by atoms with E-state index >= 15 is 0 Å². The van der Waals surface area contributed by atoms with E-state index in [0.29, 0.717) is 12.0 Å². The van der Waals surface area contributed by atoms with Crippen molar-refractivity contribution in [2.45, 2.75) is 32.5 Å². The Hall–Kier alpha value is -0.120. The van der Waals surface area contributed by atoms with E-state index in [2.05, 4.69) is 18.7 Å². The number of β-amino-alcohol motifs (C(OH)–C–C–N with tert-alkyl or cyclic N) is 1. The van der Waals surface area contributed by atoms with Gasteiger partial charge in [-0.15, -0.1) is 0 Å². The highest BCUT2D eigenvalue weighted by Crippen LogP contribution is 2.13. The molecule has 1 rings (SSSR count). The summed E-state index contributed by atoms with van der Waals surface area (Å²) in [7, 11) is 1.76. The van der Waals surface area contributed by atoms with Gasteiger partial charge in [-0.25, -0.2) is 0 Å². The molecule has 0 bridgehead atoms. The van der Waals surface area contributed by atoms with Gasteiger partial charge >= 0.3 is 0 Å². The number of aliphatic hydroxyl groups is 1. The van der Waals surface area contributed by atoms with Crippen LogP contribution in [-0.4, -0.2) is 49.0 Å². The van der Waals surface area contributed by atoms with Gasteiger partial charge in [-0.05, 0) is 12.3 Å². The van der Waals surface area contributed by atoms with Crippen molar-refractivity contribution in [3.63, 3.8) is 0 Å². The Labute approximate surface area is 80.7 Å². The van der Waals surface area contributed by atoms with Crippen molar-refractivity contribution in [3.05, 3.63) is 0 Å². The van der Waals surface area contributed by atoms with Crippen LogP contribution in [0.3, 0.4) is 0 Å². The molecule has 13 heavy (non-hydrogen) atoms. The Morgan fingerprint density at radius 3 is 2.69 bits per heavy atom. The van der Waals surface area contributed by atoms with Crippen molar-refractivity contribution in [2.75, 3.05) is 26.7 Å². The zero-order valence-electron chi connectivity index (χ0n) is 8.86. The molecule has 0 spiro atoms. The molecule has 1 N–H and O–H groups in total. The molecular formula is C10H21NO2. The first-order valence-electron chi connectivity index (χ1n) is 5.06. The van der Waals surface area contributed by atoms with E-state index in [1.165, 1.54) is 0 Å². The molecule has 1 saturated heterocycles. The van der Waals surface area contributed by atoms with E-state index < -0.39 is 0 Å². The Bertz CT molecular complexity index is 150. The Morgan fingerprint density at radius 2 is 2.23 bits per heavy atom. The van der Waals surface area contributed by atoms with Crippen molar-refractivity contribution in [1.29, 1.82) is 0 Å². The molecule has 2 atom stereocenters. The maximum atomic E-state index is 9.66. The molecule has 3 nitrogen and oxygen atoms in total. The van der Waals surface area contributed by atoms with Crippen LogP contribution in [0.2, 0.25) is 0 Å². The van der Waals surface area contributed by atoms with Crippen LogP contribution in [0.1, 0.15) is 20.3 Å². The van der Waals surface area contributed by atoms with Gasteiger partial charge in [-0.2, -0.15) is 0 Å². The summed E-state index contributed by atoms with van der Waals surface area (Å²) in [6.07, 6.45) is 1.27. The first-order valence-corrected chi connectivity index (χ1v) is 5.06. The second-order valence-electron chi connectivity index (χ2n) is 4.22. The van der Waals surface area contributed by atoms with Gasteiger partial charge in [0.2, 0.25) is 0 Å². The highest BCUT2D eigenvalue weighted by Gasteiger charge is 2.24. The van der Waals surface area contributed by atoms with Crippen molar-refractivity contribution >= 4 is 0 Å². The molecule has 1 fully saturated rings. The van der Waals surface area contributed by atoms with E-state index in [4.69, 9.17) is 4.74 Å². The van der Waals surface area contributed by atoms with E-state index in [9.17, 15) is 5.11 Å². The fourth-order valence-corrected chi connectivity index (χ4v) is 1.63. The lowest BCUT2D eigenvalue weighted by atomic mass is 10.1. The molecule has 1 heterocycles. The third kappa shape index (κ3) is 3.25. The predicted molar refractivity (Wildman–Crippen MR) is 52.7 cm³/mol. The molecule has 0 aromatic carbocycles. The van der Waals surface area contributed by atoms with E-state index in [0.717, 1.165) is 26.1 Å². The van der Waals surface area contributed by atoms with Gasteiger partial charge in [-0.1, -0.05) is 13.8 Å². The monoisotopic (exact) mass is 187 g/mol. The molecule has 0 radical (unpaired) electrons. The molecule has 0 amide bonds. The summed E-state index contributed by atoms with van der Waals surface area (Å²) in [6.45, 7) is 6.92. The third-order valence-electron chi connectivity index (χ3n) is 2.78. The zero-order chi connectivity index (χ0) is 9.84. The Morgan fingerprint density at radius 1 is 1.54 bits per heavy atom. The molecule has 0 saturated carbocycles. The molecule has 1 aliphatic rings. The summed E-state index contributed by atoms with van der Waals surface area (Å²) < 4.78 is 5.26. The highest BCUT2D eigenvalue weighted by molar-refractivity contribution is 4.78. The summed E-state index contributed by atoms with van der Waals surface area (Å²) in [5.74, 6) is 0.349. The van der Waals surface area contributed by atoms with Gasteiger partial charge < -0.3 is 9.84 Å². The molecular weight excluding hydrogens is 166 g/mol. The molecule has 0 aromatic heterocycles. The number of likely N-dealkylation sites (tertiary alicyclic amines) is 1. The van der Waals surface area contributed by atoms with Crippen LogP contribution in [0.4, 0.5) is 0 Å². The fourth-order valence-electron chi connectivity index (χ4n) is 1.63. The van der Waals surface area contributed by atoms with Crippen LogP contribution in [0.25, 0.3) is 0 Å². The van der Waals surface area contributed by atoms with Crippen LogP contribution >= 0.6 is 0 Å². The molecule has 2 unspecified atom stereocenters. The van der Waals surface area contributed by atoms with Crippen LogP contribution in [0.15, 0.2) is 0 Å². The Kier molecular flexibility index (Phi) is 4.16. The van der Waals surface area contributed by atoms with Crippen molar-refractivity contribution < 1.29 is 9.84 Å². The molecule has 3 heteroatoms. The van der Waals surface area contributed by atoms with Crippen LogP contribution in [-0.2, 0) is 4.74 Å². The summed E-state index contributed by atoms with van der Waals surface area (Å²) in [4.78, 5) is 2.28. The fraction of sp³-hybridized carbons (Fsp3) is 1.00. The first-order chi connectivity index (χ1) is 6.13. The standard InChI is InChI=1S/C10H21NO2/c1-8(2)10(12)7-11-5-4-9(6-11)13-3/h8-10,12H,4-7H2,1-3H3. The molecule has 1 aliphatic heterocycles. The normalized spacial score (nSPS) is 27.0. The highest BCUT2D eigenvalue weighted by atomic mass is 16.5. The van der Waals surface area contributed by atoms with Gasteiger partial charge in [0, 0.05) is 26.7 Å². The van der Waals surface area contributed by atoms with Gasteiger partial charge in [0.05, 0.1) is 12.2 Å². The SMILES string of the molecule is COC1CCN(CC(O)C(C)C)C1. The van der Waals surface area contributed by atoms with Crippen molar-refractivity contribution in [2.24, 2.45) is 5.92 Å². The van der Waals surface area contributed by atoms with Gasteiger partial charge in [0.25, 0.3) is 0 Å². The second kappa shape index (κ2) is 4.94. The van der Waals surface area contributed by atoms with Crippen LogP contribution in [0.5, 0.6) is 0 Å². The maximum absolute atomic E-state index is 9.66. The van der Waals surface area contributed by atoms with E-state index in [1.54, 1.807) is 7.11 Å². The van der Waals surface area contributed by atoms with Crippen molar-refractivity contribution in [1.82, 2.24) is 4.90 Å². The topological polar surface area (TPSA) is 32.7 Å². The number of hydrogen-bond donors (Lipinski definition) is 1. The predicted octanol–water partition coefficient (Wildman–Crippen LogP) is 0.724. The smallest absolute Gasteiger partial charge is 0.0710 e. The number of ether oxygens (including phenoxy) is 1. The summed E-state index contributed by atoms with van der Waals surface area (Å²) in [6, 6.07) is 0. The molecule has 0 aromatic rings. The second-order valence-corrected chi connectivity index (χ2v) is 4.22. The quantitative estimate of drug-likeness (QED) is 0.704. The van der Waals surface area contributed by atoms with E-state index in [1.807, 2.05) is 0 Å². The average Bonchev–Trinajstić information content (AvgIpc) is 2.52. The first kappa shape index (κ1) is 11.0. The molecule has 78 valence electrons. The summed E-state index contributed by atoms with van der Waals surface area (Å²) >= 11 is 0. The third-order valence-corrected chi connectivity index (χ3v) is 2.78. The zero-order valence-corrected chi connectivity index (χ0v) is 8.86. The van der Waals surface area contributed by atoms with Crippen molar-refractivity contribution in [3.8, 4) is 0 Å². The lowest BCUT2D eigenvalue weighted by molar-refractivity contribution is 0.0699. The minimum atomic E-state index is -0.199. The van der Waals surface area contributed by atoms with Gasteiger partial charge in [-0.3, -0.25) is 4.90 Å². The maximum Gasteiger partial charge on any atom is 0.0710 e. The van der Waals surface area contributed by atoms with E-state index in [-0.39, 0.29) is 6.10 Å². The van der Waals surface area contributed by atoms with Gasteiger partial charge in [0.1, 0.15) is 0 Å². The lowest BCUT2D eigenvalue weighted by Gasteiger charge is -2.22. The number of rotatable bonds is 4. The number of nitrogens with zero attached hydrogens (tertiary/aromatic N) is 1. The summed E-state index contributed by atoms with van der Waals surface area (Å²) in [5.41, 5.74) is 0. The summed E-state index contributed by atoms with van der Waals surface area (Å²) in [5, 5.41) is 9.66.